The standard InChI is InChI=1S/2NO3.Pt/c2*2-1(3)4;/q2*-1;. The molecule has 0 bridgehead atoms. The van der Waals surface area contributed by atoms with Crippen molar-refractivity contribution >= 4 is 0 Å². The zero-order chi connectivity index (χ0) is 7.15. The number of hydrogen-bond acceptors (Lipinski definition) is 6. The van der Waals surface area contributed by atoms with Gasteiger partial charge >= 0.3 is 0 Å². The molecule has 0 rings (SSSR count). The first kappa shape index (κ1) is 15.7. The van der Waals surface area contributed by atoms with E-state index < -0.39 is 10.2 Å². The smallest absolute Gasteiger partial charge is 0.0689 e. The van der Waals surface area contributed by atoms with Crippen LogP contribution >= 0.6 is 0 Å². The predicted molar refractivity (Wildman–Crippen MR) is 20.7 cm³/mol. The van der Waals surface area contributed by atoms with Crippen LogP contribution in [0.25, 0.3) is 0 Å². The minimum absolute atomic E-state index is 0. The molecule has 0 heterocycles. The van der Waals surface area contributed by atoms with Gasteiger partial charge in [0, 0.05) is 21.1 Å². The molecule has 0 aromatic rings. The van der Waals surface area contributed by atoms with Gasteiger partial charge in [0.25, 0.3) is 0 Å². The van der Waals surface area contributed by atoms with Gasteiger partial charge in [-0.3, -0.25) is 0 Å². The predicted octanol–water partition coefficient (Wildman–Crippen LogP) is -0.481. The molecule has 0 saturated carbocycles. The molecule has 0 atom stereocenters. The largest absolute Gasteiger partial charge is 0.356 e. The number of rotatable bonds is 0. The minimum Gasteiger partial charge on any atom is -0.356 e. The molecule has 0 aromatic heterocycles. The Hall–Kier alpha value is -0.912. The molecule has 0 N–H and O–H groups in total. The van der Waals surface area contributed by atoms with Crippen molar-refractivity contribution in [3.63, 3.8) is 0 Å². The fraction of sp³-hybridized carbons (Fsp3) is 0. The van der Waals surface area contributed by atoms with Crippen LogP contribution in [0.4, 0.5) is 0 Å². The molecule has 0 aromatic carbocycles. The van der Waals surface area contributed by atoms with E-state index in [1.807, 2.05) is 0 Å². The first-order chi connectivity index (χ1) is 3.46. The van der Waals surface area contributed by atoms with Gasteiger partial charge < -0.3 is 30.6 Å². The van der Waals surface area contributed by atoms with Gasteiger partial charge in [0.2, 0.25) is 0 Å². The Bertz CT molecular complexity index is 69.1. The van der Waals surface area contributed by atoms with Crippen LogP contribution in [0, 0.1) is 30.6 Å². The van der Waals surface area contributed by atoms with Crippen LogP contribution < -0.4 is 0 Å². The van der Waals surface area contributed by atoms with Crippen LogP contribution in [0.1, 0.15) is 0 Å². The Morgan fingerprint density at radius 1 is 0.778 bits per heavy atom. The van der Waals surface area contributed by atoms with Crippen LogP contribution in [-0.2, 0) is 21.1 Å². The van der Waals surface area contributed by atoms with E-state index in [1.54, 1.807) is 0 Å². The van der Waals surface area contributed by atoms with E-state index in [2.05, 4.69) is 0 Å². The van der Waals surface area contributed by atoms with Crippen LogP contribution in [0.15, 0.2) is 0 Å². The average molecular weight is 319 g/mol. The molecule has 0 amide bonds. The summed E-state index contributed by atoms with van der Waals surface area (Å²) < 4.78 is 0. The van der Waals surface area contributed by atoms with E-state index in [4.69, 9.17) is 30.6 Å². The molecule has 0 saturated heterocycles. The van der Waals surface area contributed by atoms with Crippen molar-refractivity contribution in [1.82, 2.24) is 0 Å². The molecule has 0 aliphatic heterocycles. The van der Waals surface area contributed by atoms with Gasteiger partial charge in [0.15, 0.2) is 0 Å². The van der Waals surface area contributed by atoms with Crippen molar-refractivity contribution in [3.8, 4) is 0 Å². The molecule has 0 spiro atoms. The van der Waals surface area contributed by atoms with Crippen LogP contribution in [0.3, 0.4) is 0 Å². The van der Waals surface area contributed by atoms with Gasteiger partial charge in [-0.15, -0.1) is 0 Å². The number of hydrogen-bond donors (Lipinski definition) is 0. The SMILES string of the molecule is O=[N+]([O-])[O-].O=[N+]([O-])[O-].[Pt]. The molecule has 8 nitrogen and oxygen atoms in total. The molecule has 9 heteroatoms. The summed E-state index contributed by atoms with van der Waals surface area (Å²) in [7, 11) is 0. The third-order valence-electron chi connectivity index (χ3n) is 0. The van der Waals surface area contributed by atoms with E-state index in [0.29, 0.717) is 0 Å². The van der Waals surface area contributed by atoms with Gasteiger partial charge in [-0.2, -0.15) is 0 Å². The van der Waals surface area contributed by atoms with Crippen molar-refractivity contribution in [2.75, 3.05) is 0 Å². The van der Waals surface area contributed by atoms with Crippen molar-refractivity contribution in [3.05, 3.63) is 30.6 Å². The molecule has 9 heavy (non-hydrogen) atoms. The van der Waals surface area contributed by atoms with E-state index in [9.17, 15) is 0 Å². The van der Waals surface area contributed by atoms with Gasteiger partial charge in [-0.05, 0) is 0 Å². The molecule has 58 valence electrons. The zero-order valence-corrected chi connectivity index (χ0v) is 5.93. The first-order valence-electron chi connectivity index (χ1n) is 1.10. The second-order valence-electron chi connectivity index (χ2n) is 0.447. The summed E-state index contributed by atoms with van der Waals surface area (Å²) in [6.45, 7) is 0. The van der Waals surface area contributed by atoms with Crippen molar-refractivity contribution < 1.29 is 31.2 Å². The normalized spacial score (nSPS) is 5.33. The van der Waals surface area contributed by atoms with Gasteiger partial charge in [0.1, 0.15) is 0 Å². The molecular weight excluding hydrogens is 319 g/mol. The Kier molecular flexibility index (Phi) is 17.7. The van der Waals surface area contributed by atoms with E-state index in [-0.39, 0.29) is 21.1 Å². The summed E-state index contributed by atoms with van der Waals surface area (Å²) in [5, 5.41) is 29.5. The fourth-order valence-electron chi connectivity index (χ4n) is 0. The van der Waals surface area contributed by atoms with Crippen molar-refractivity contribution in [1.29, 1.82) is 0 Å². The molecule has 0 radical (unpaired) electrons. The second-order valence-corrected chi connectivity index (χ2v) is 0.447. The van der Waals surface area contributed by atoms with Crippen LogP contribution in [0.5, 0.6) is 0 Å². The summed E-state index contributed by atoms with van der Waals surface area (Å²) >= 11 is 0. The maximum absolute atomic E-state index is 8.25. The van der Waals surface area contributed by atoms with Gasteiger partial charge in [0.05, 0.1) is 10.2 Å². The quantitative estimate of drug-likeness (QED) is 0.437. The molecule has 0 fully saturated rings. The second kappa shape index (κ2) is 10.1. The average Bonchev–Trinajstić information content (AvgIpc) is 1.25. The summed E-state index contributed by atoms with van der Waals surface area (Å²) in [5.74, 6) is 0. The Morgan fingerprint density at radius 2 is 0.778 bits per heavy atom. The maximum Gasteiger partial charge on any atom is 0.0689 e. The Labute approximate surface area is 62.6 Å². The topological polar surface area (TPSA) is 132 Å². The summed E-state index contributed by atoms with van der Waals surface area (Å²) in [4.78, 5) is 16.5. The van der Waals surface area contributed by atoms with Crippen LogP contribution in [-0.4, -0.2) is 10.2 Å². The Morgan fingerprint density at radius 3 is 0.778 bits per heavy atom. The minimum atomic E-state index is -1.75. The monoisotopic (exact) mass is 319 g/mol. The summed E-state index contributed by atoms with van der Waals surface area (Å²) in [5.41, 5.74) is 0. The molecule has 0 unspecified atom stereocenters. The molecule has 0 aliphatic carbocycles. The summed E-state index contributed by atoms with van der Waals surface area (Å²) in [6, 6.07) is 0. The van der Waals surface area contributed by atoms with Crippen LogP contribution in [0.2, 0.25) is 0 Å². The van der Waals surface area contributed by atoms with E-state index >= 15 is 0 Å². The first-order valence-corrected chi connectivity index (χ1v) is 1.10. The van der Waals surface area contributed by atoms with Gasteiger partial charge in [-0.1, -0.05) is 0 Å². The maximum atomic E-state index is 8.25. The fourth-order valence-corrected chi connectivity index (χ4v) is 0. The molecule has 0 aliphatic rings. The van der Waals surface area contributed by atoms with E-state index in [0.717, 1.165) is 0 Å². The van der Waals surface area contributed by atoms with Gasteiger partial charge in [-0.25, -0.2) is 0 Å². The summed E-state index contributed by atoms with van der Waals surface area (Å²) in [6.07, 6.45) is 0. The Balaban J connectivity index is -0.0000000720. The molecular formula is N2O6Pt-2. The van der Waals surface area contributed by atoms with E-state index in [1.165, 1.54) is 0 Å². The number of nitrogens with zero attached hydrogens (tertiary/aromatic N) is 2. The third-order valence-corrected chi connectivity index (χ3v) is 0. The van der Waals surface area contributed by atoms with Crippen molar-refractivity contribution in [2.24, 2.45) is 0 Å². The zero-order valence-electron chi connectivity index (χ0n) is 3.66. The third kappa shape index (κ3) is 221. The van der Waals surface area contributed by atoms with Crippen molar-refractivity contribution in [2.45, 2.75) is 0 Å².